The Balaban J connectivity index is 1.88. The van der Waals surface area contributed by atoms with Gasteiger partial charge in [-0.15, -0.1) is 0 Å². The first-order valence-corrected chi connectivity index (χ1v) is 9.06. The first-order valence-electron chi connectivity index (χ1n) is 7.62. The van der Waals surface area contributed by atoms with E-state index < -0.39 is 10.2 Å². The summed E-state index contributed by atoms with van der Waals surface area (Å²) in [5.41, 5.74) is 0. The van der Waals surface area contributed by atoms with Crippen molar-refractivity contribution in [2.24, 2.45) is 0 Å². The Morgan fingerprint density at radius 1 is 1.30 bits per heavy atom. The van der Waals surface area contributed by atoms with Crippen LogP contribution in [0.4, 0.5) is 0 Å². The van der Waals surface area contributed by atoms with Crippen molar-refractivity contribution in [3.63, 3.8) is 0 Å². The van der Waals surface area contributed by atoms with Crippen molar-refractivity contribution in [2.75, 3.05) is 26.7 Å². The van der Waals surface area contributed by atoms with Crippen molar-refractivity contribution in [1.29, 1.82) is 0 Å². The molecule has 0 radical (unpaired) electrons. The minimum atomic E-state index is -3.37. The van der Waals surface area contributed by atoms with E-state index >= 15 is 0 Å². The van der Waals surface area contributed by atoms with E-state index in [2.05, 4.69) is 10.0 Å². The fourth-order valence-corrected chi connectivity index (χ4v) is 4.73. The van der Waals surface area contributed by atoms with E-state index in [1.54, 1.807) is 4.31 Å². The summed E-state index contributed by atoms with van der Waals surface area (Å²) < 4.78 is 34.9. The van der Waals surface area contributed by atoms with Gasteiger partial charge in [0.1, 0.15) is 0 Å². The molecule has 0 bridgehead atoms. The maximum Gasteiger partial charge on any atom is 0.279 e. The average molecular weight is 305 g/mol. The molecule has 0 spiro atoms. The van der Waals surface area contributed by atoms with Crippen LogP contribution in [-0.2, 0) is 14.9 Å². The number of piperidine rings is 1. The minimum Gasteiger partial charge on any atom is -0.378 e. The van der Waals surface area contributed by atoms with Crippen molar-refractivity contribution >= 4 is 10.2 Å². The molecule has 2 rings (SSSR count). The summed E-state index contributed by atoms with van der Waals surface area (Å²) in [7, 11) is -1.50. The summed E-state index contributed by atoms with van der Waals surface area (Å²) in [6.07, 6.45) is 4.80. The van der Waals surface area contributed by atoms with Crippen molar-refractivity contribution in [2.45, 2.75) is 57.2 Å². The number of nitrogens with one attached hydrogen (secondary N) is 2. The lowest BCUT2D eigenvalue weighted by Crippen LogP contribution is -2.56. The van der Waals surface area contributed by atoms with Gasteiger partial charge in [0.15, 0.2) is 0 Å². The highest BCUT2D eigenvalue weighted by atomic mass is 32.2. The largest absolute Gasteiger partial charge is 0.378 e. The molecule has 0 aromatic rings. The number of hydrogen-bond donors (Lipinski definition) is 2. The molecule has 118 valence electrons. The van der Waals surface area contributed by atoms with Gasteiger partial charge >= 0.3 is 0 Å². The highest BCUT2D eigenvalue weighted by molar-refractivity contribution is 7.87. The third-order valence-corrected chi connectivity index (χ3v) is 5.86. The molecular formula is C13H27N3O3S. The van der Waals surface area contributed by atoms with Crippen LogP contribution in [0.25, 0.3) is 0 Å². The quantitative estimate of drug-likeness (QED) is 0.717. The predicted octanol–water partition coefficient (Wildman–Crippen LogP) is 0.462. The number of likely N-dealkylation sites (N-methyl/N-ethyl adjacent to an activating group) is 1. The summed E-state index contributed by atoms with van der Waals surface area (Å²) in [5, 5.41) is 3.09. The van der Waals surface area contributed by atoms with E-state index in [0.29, 0.717) is 19.7 Å². The molecule has 6 nitrogen and oxygen atoms in total. The molecule has 0 aromatic carbocycles. The zero-order valence-electron chi connectivity index (χ0n) is 12.5. The normalized spacial score (nSPS) is 32.0. The van der Waals surface area contributed by atoms with Crippen LogP contribution in [0.2, 0.25) is 0 Å². The third kappa shape index (κ3) is 3.92. The van der Waals surface area contributed by atoms with E-state index in [-0.39, 0.29) is 18.2 Å². The van der Waals surface area contributed by atoms with E-state index in [4.69, 9.17) is 4.74 Å². The smallest absolute Gasteiger partial charge is 0.279 e. The molecule has 1 aliphatic heterocycles. The third-order valence-electron chi connectivity index (χ3n) is 4.13. The highest BCUT2D eigenvalue weighted by Crippen LogP contribution is 2.26. The summed E-state index contributed by atoms with van der Waals surface area (Å²) in [6.45, 7) is 4.00. The highest BCUT2D eigenvalue weighted by Gasteiger charge is 2.37. The Hall–Kier alpha value is -0.210. The Morgan fingerprint density at radius 3 is 2.70 bits per heavy atom. The first-order chi connectivity index (χ1) is 9.56. The van der Waals surface area contributed by atoms with Gasteiger partial charge in [0.25, 0.3) is 10.2 Å². The van der Waals surface area contributed by atoms with Crippen LogP contribution in [-0.4, -0.2) is 57.7 Å². The maximum absolute atomic E-state index is 12.5. The van der Waals surface area contributed by atoms with Gasteiger partial charge in [-0.1, -0.05) is 6.42 Å². The summed E-state index contributed by atoms with van der Waals surface area (Å²) in [6, 6.07) is 0.114. The zero-order chi connectivity index (χ0) is 14.6. The predicted molar refractivity (Wildman–Crippen MR) is 78.8 cm³/mol. The Labute approximate surface area is 122 Å². The molecule has 1 heterocycles. The van der Waals surface area contributed by atoms with Crippen molar-refractivity contribution in [3.8, 4) is 0 Å². The first kappa shape index (κ1) is 16.2. The SMILES string of the molecule is CCOC1CC(NS(=O)(=O)N2CCCCC2CNC)C1. The number of hydrogen-bond acceptors (Lipinski definition) is 4. The van der Waals surface area contributed by atoms with Crippen LogP contribution in [0.5, 0.6) is 0 Å². The lowest BCUT2D eigenvalue weighted by Gasteiger charge is -2.39. The molecule has 0 amide bonds. The van der Waals surface area contributed by atoms with Crippen LogP contribution >= 0.6 is 0 Å². The number of nitrogens with zero attached hydrogens (tertiary/aromatic N) is 1. The van der Waals surface area contributed by atoms with E-state index in [0.717, 1.165) is 32.1 Å². The molecule has 7 heteroatoms. The van der Waals surface area contributed by atoms with Crippen LogP contribution in [0.1, 0.15) is 39.0 Å². The fraction of sp³-hybridized carbons (Fsp3) is 1.00. The van der Waals surface area contributed by atoms with Crippen molar-refractivity contribution in [3.05, 3.63) is 0 Å². The second kappa shape index (κ2) is 7.17. The molecule has 1 unspecified atom stereocenters. The van der Waals surface area contributed by atoms with Crippen LogP contribution in [0, 0.1) is 0 Å². The topological polar surface area (TPSA) is 70.7 Å². The van der Waals surface area contributed by atoms with Gasteiger partial charge in [-0.2, -0.15) is 17.4 Å². The minimum absolute atomic E-state index is 0.0358. The fourth-order valence-electron chi connectivity index (χ4n) is 3.04. The second-order valence-electron chi connectivity index (χ2n) is 5.69. The molecule has 2 fully saturated rings. The van der Waals surface area contributed by atoms with Crippen molar-refractivity contribution < 1.29 is 13.2 Å². The maximum atomic E-state index is 12.5. The molecule has 2 N–H and O–H groups in total. The Morgan fingerprint density at radius 2 is 2.05 bits per heavy atom. The lowest BCUT2D eigenvalue weighted by atomic mass is 9.90. The van der Waals surface area contributed by atoms with Crippen LogP contribution < -0.4 is 10.0 Å². The van der Waals surface area contributed by atoms with E-state index in [1.807, 2.05) is 14.0 Å². The van der Waals surface area contributed by atoms with Gasteiger partial charge < -0.3 is 10.1 Å². The van der Waals surface area contributed by atoms with Crippen LogP contribution in [0.3, 0.4) is 0 Å². The van der Waals surface area contributed by atoms with Gasteiger partial charge in [-0.3, -0.25) is 0 Å². The van der Waals surface area contributed by atoms with Gasteiger partial charge in [0.2, 0.25) is 0 Å². The number of ether oxygens (including phenoxy) is 1. The van der Waals surface area contributed by atoms with E-state index in [1.165, 1.54) is 0 Å². The monoisotopic (exact) mass is 305 g/mol. The zero-order valence-corrected chi connectivity index (χ0v) is 13.3. The van der Waals surface area contributed by atoms with Crippen LogP contribution in [0.15, 0.2) is 0 Å². The molecular weight excluding hydrogens is 278 g/mol. The molecule has 2 aliphatic rings. The van der Waals surface area contributed by atoms with Gasteiger partial charge in [0.05, 0.1) is 6.10 Å². The lowest BCUT2D eigenvalue weighted by molar-refractivity contribution is -0.00521. The standard InChI is InChI=1S/C13H27N3O3S/c1-3-19-13-8-11(9-13)15-20(17,18)16-7-5-4-6-12(16)10-14-2/h11-15H,3-10H2,1-2H3. The summed E-state index contributed by atoms with van der Waals surface area (Å²) in [5.74, 6) is 0. The molecule has 20 heavy (non-hydrogen) atoms. The van der Waals surface area contributed by atoms with Gasteiger partial charge in [0, 0.05) is 31.8 Å². The Bertz CT molecular complexity index is 394. The molecule has 1 aliphatic carbocycles. The summed E-state index contributed by atoms with van der Waals surface area (Å²) >= 11 is 0. The summed E-state index contributed by atoms with van der Waals surface area (Å²) in [4.78, 5) is 0. The Kier molecular flexibility index (Phi) is 5.80. The number of rotatable bonds is 7. The van der Waals surface area contributed by atoms with Crippen molar-refractivity contribution in [1.82, 2.24) is 14.3 Å². The molecule has 0 aromatic heterocycles. The second-order valence-corrected chi connectivity index (χ2v) is 7.34. The molecule has 1 saturated heterocycles. The van der Waals surface area contributed by atoms with Gasteiger partial charge in [-0.05, 0) is 39.7 Å². The average Bonchev–Trinajstić information content (AvgIpc) is 2.37. The van der Waals surface area contributed by atoms with E-state index in [9.17, 15) is 8.42 Å². The molecule has 1 atom stereocenters. The molecule has 1 saturated carbocycles. The van der Waals surface area contributed by atoms with Gasteiger partial charge in [-0.25, -0.2) is 0 Å².